The zero-order chi connectivity index (χ0) is 14.8. The third kappa shape index (κ3) is 3.45. The Balaban J connectivity index is 2.39. The van der Waals surface area contributed by atoms with Gasteiger partial charge in [-0.2, -0.15) is 0 Å². The fourth-order valence-electron chi connectivity index (χ4n) is 2.38. The summed E-state index contributed by atoms with van der Waals surface area (Å²) in [6, 6.07) is 5.91. The summed E-state index contributed by atoms with van der Waals surface area (Å²) in [7, 11) is -2.92. The second kappa shape index (κ2) is 6.32. The molecule has 0 radical (unpaired) electrons. The zero-order valence-electron chi connectivity index (χ0n) is 11.3. The number of rotatable bonds is 3. The Labute approximate surface area is 129 Å². The number of sulfone groups is 1. The van der Waals surface area contributed by atoms with Crippen molar-refractivity contribution < 1.29 is 8.42 Å². The maximum atomic E-state index is 11.7. The van der Waals surface area contributed by atoms with Gasteiger partial charge in [0.05, 0.1) is 11.5 Å². The van der Waals surface area contributed by atoms with Crippen LogP contribution in [-0.2, 0) is 9.84 Å². The number of hydrogen-bond acceptors (Lipinski definition) is 5. The van der Waals surface area contributed by atoms with E-state index in [9.17, 15) is 8.42 Å². The standard InChI is InChI=1S/C13H18N2O2S3/c1-19-11-5-2-4-10(12(11)13(14)18)15-6-3-8-20(16,17)9-7-15/h2,4-5H,3,6-9H2,1H3,(H2,14,18). The SMILES string of the molecule is CSc1cccc(N2CCCS(=O)(=O)CC2)c1C(N)=S. The average Bonchev–Trinajstić information content (AvgIpc) is 2.58. The van der Waals surface area contributed by atoms with E-state index in [0.29, 0.717) is 24.5 Å². The molecule has 1 heterocycles. The lowest BCUT2D eigenvalue weighted by Gasteiger charge is -2.25. The smallest absolute Gasteiger partial charge is 0.152 e. The topological polar surface area (TPSA) is 63.4 Å². The number of benzene rings is 1. The summed E-state index contributed by atoms with van der Waals surface area (Å²) in [5.74, 6) is 0.446. The van der Waals surface area contributed by atoms with E-state index in [1.165, 1.54) is 0 Å². The molecule has 0 aromatic heterocycles. The quantitative estimate of drug-likeness (QED) is 0.672. The van der Waals surface area contributed by atoms with Gasteiger partial charge in [0.2, 0.25) is 0 Å². The predicted octanol–water partition coefficient (Wildman–Crippen LogP) is 1.67. The van der Waals surface area contributed by atoms with E-state index in [4.69, 9.17) is 18.0 Å². The van der Waals surface area contributed by atoms with Crippen molar-refractivity contribution in [3.63, 3.8) is 0 Å². The molecule has 0 aliphatic carbocycles. The molecule has 4 nitrogen and oxygen atoms in total. The Hall–Kier alpha value is -0.790. The summed E-state index contributed by atoms with van der Waals surface area (Å²) in [6.45, 7) is 1.21. The van der Waals surface area contributed by atoms with E-state index in [-0.39, 0.29) is 11.5 Å². The largest absolute Gasteiger partial charge is 0.389 e. The van der Waals surface area contributed by atoms with E-state index < -0.39 is 9.84 Å². The molecule has 2 N–H and O–H groups in total. The summed E-state index contributed by atoms with van der Waals surface area (Å²) in [6.07, 6.45) is 2.62. The van der Waals surface area contributed by atoms with Gasteiger partial charge in [-0.15, -0.1) is 11.8 Å². The lowest BCUT2D eigenvalue weighted by molar-refractivity contribution is 0.597. The minimum Gasteiger partial charge on any atom is -0.389 e. The molecule has 1 aliphatic heterocycles. The second-order valence-corrected chi connectivity index (χ2v) is 8.30. The van der Waals surface area contributed by atoms with Crippen molar-refractivity contribution in [3.05, 3.63) is 23.8 Å². The van der Waals surface area contributed by atoms with Gasteiger partial charge >= 0.3 is 0 Å². The molecule has 0 amide bonds. The van der Waals surface area contributed by atoms with Crippen LogP contribution >= 0.6 is 24.0 Å². The molecule has 0 bridgehead atoms. The summed E-state index contributed by atoms with van der Waals surface area (Å²) >= 11 is 6.77. The van der Waals surface area contributed by atoms with Gasteiger partial charge in [-0.05, 0) is 24.8 Å². The molecular weight excluding hydrogens is 312 g/mol. The highest BCUT2D eigenvalue weighted by molar-refractivity contribution is 7.98. The van der Waals surface area contributed by atoms with Crippen molar-refractivity contribution in [1.82, 2.24) is 0 Å². The summed E-state index contributed by atoms with van der Waals surface area (Å²) in [5, 5.41) is 0. The first-order valence-corrected chi connectivity index (χ1v) is 9.82. The first-order chi connectivity index (χ1) is 9.44. The zero-order valence-corrected chi connectivity index (χ0v) is 13.8. The van der Waals surface area contributed by atoms with Crippen molar-refractivity contribution in [3.8, 4) is 0 Å². The van der Waals surface area contributed by atoms with Crippen molar-refractivity contribution in [1.29, 1.82) is 0 Å². The minimum atomic E-state index is -2.92. The Bertz CT molecular complexity index is 614. The van der Waals surface area contributed by atoms with Crippen LogP contribution in [-0.4, -0.2) is 44.3 Å². The van der Waals surface area contributed by atoms with E-state index in [2.05, 4.69) is 4.90 Å². The second-order valence-electron chi connectivity index (χ2n) is 4.71. The van der Waals surface area contributed by atoms with E-state index in [1.807, 2.05) is 24.5 Å². The molecule has 0 unspecified atom stereocenters. The van der Waals surface area contributed by atoms with E-state index >= 15 is 0 Å². The molecule has 0 spiro atoms. The Morgan fingerprint density at radius 1 is 1.35 bits per heavy atom. The van der Waals surface area contributed by atoms with Crippen LogP contribution in [0.1, 0.15) is 12.0 Å². The number of nitrogens with two attached hydrogens (primary N) is 1. The highest BCUT2D eigenvalue weighted by atomic mass is 32.2. The molecule has 0 atom stereocenters. The van der Waals surface area contributed by atoms with Crippen molar-refractivity contribution in [2.75, 3.05) is 35.8 Å². The predicted molar refractivity (Wildman–Crippen MR) is 89.6 cm³/mol. The van der Waals surface area contributed by atoms with Gasteiger partial charge in [0.25, 0.3) is 0 Å². The minimum absolute atomic E-state index is 0.188. The number of hydrogen-bond donors (Lipinski definition) is 1. The molecule has 1 aromatic rings. The fourth-order valence-corrected chi connectivity index (χ4v) is 4.56. The number of thioether (sulfide) groups is 1. The molecule has 20 heavy (non-hydrogen) atoms. The van der Waals surface area contributed by atoms with Crippen LogP contribution in [0.15, 0.2) is 23.1 Å². The Morgan fingerprint density at radius 2 is 2.10 bits per heavy atom. The van der Waals surface area contributed by atoms with Gasteiger partial charge in [-0.25, -0.2) is 8.42 Å². The lowest BCUT2D eigenvalue weighted by atomic mass is 10.1. The van der Waals surface area contributed by atoms with Crippen LogP contribution in [0, 0.1) is 0 Å². The van der Waals surface area contributed by atoms with Gasteiger partial charge in [0.1, 0.15) is 4.99 Å². The van der Waals surface area contributed by atoms with Crippen LogP contribution < -0.4 is 10.6 Å². The van der Waals surface area contributed by atoms with Crippen LogP contribution in [0.25, 0.3) is 0 Å². The lowest BCUT2D eigenvalue weighted by Crippen LogP contribution is -2.29. The third-order valence-corrected chi connectivity index (χ3v) is 6.07. The summed E-state index contributed by atoms with van der Waals surface area (Å²) in [4.78, 5) is 3.47. The number of thiocarbonyl (C=S) groups is 1. The fraction of sp³-hybridized carbons (Fsp3) is 0.462. The Kier molecular flexibility index (Phi) is 4.93. The van der Waals surface area contributed by atoms with Gasteiger partial charge < -0.3 is 10.6 Å². The van der Waals surface area contributed by atoms with Crippen LogP contribution in [0.2, 0.25) is 0 Å². The molecule has 1 aliphatic rings. The molecule has 1 aromatic carbocycles. The number of nitrogens with zero attached hydrogens (tertiary/aromatic N) is 1. The van der Waals surface area contributed by atoms with Gasteiger partial charge in [-0.1, -0.05) is 18.3 Å². The molecule has 1 saturated heterocycles. The highest BCUT2D eigenvalue weighted by Gasteiger charge is 2.22. The molecule has 7 heteroatoms. The average molecular weight is 331 g/mol. The van der Waals surface area contributed by atoms with Gasteiger partial charge in [0.15, 0.2) is 9.84 Å². The summed E-state index contributed by atoms with van der Waals surface area (Å²) < 4.78 is 23.4. The number of anilines is 1. The van der Waals surface area contributed by atoms with Gasteiger partial charge in [0, 0.05) is 29.2 Å². The Morgan fingerprint density at radius 3 is 2.75 bits per heavy atom. The normalized spacial score (nSPS) is 18.6. The molecule has 2 rings (SSSR count). The maximum Gasteiger partial charge on any atom is 0.152 e. The van der Waals surface area contributed by atoms with Crippen LogP contribution in [0.4, 0.5) is 5.69 Å². The molecular formula is C13H18N2O2S3. The maximum absolute atomic E-state index is 11.7. The molecule has 110 valence electrons. The first kappa shape index (κ1) is 15.6. The van der Waals surface area contributed by atoms with Crippen molar-refractivity contribution in [2.24, 2.45) is 5.73 Å². The molecule has 0 saturated carbocycles. The van der Waals surface area contributed by atoms with Crippen molar-refractivity contribution in [2.45, 2.75) is 11.3 Å². The van der Waals surface area contributed by atoms with Crippen molar-refractivity contribution >= 4 is 44.5 Å². The first-order valence-electron chi connectivity index (χ1n) is 6.37. The monoisotopic (exact) mass is 330 g/mol. The van der Waals surface area contributed by atoms with Crippen LogP contribution in [0.3, 0.4) is 0 Å². The third-order valence-electron chi connectivity index (χ3n) is 3.37. The van der Waals surface area contributed by atoms with Gasteiger partial charge in [-0.3, -0.25) is 0 Å². The van der Waals surface area contributed by atoms with E-state index in [0.717, 1.165) is 16.1 Å². The summed E-state index contributed by atoms with van der Waals surface area (Å²) in [5.41, 5.74) is 7.66. The van der Waals surface area contributed by atoms with Crippen LogP contribution in [0.5, 0.6) is 0 Å². The highest BCUT2D eigenvalue weighted by Crippen LogP contribution is 2.30. The molecule has 1 fully saturated rings. The van der Waals surface area contributed by atoms with E-state index in [1.54, 1.807) is 11.8 Å².